The molecule has 0 saturated heterocycles. The van der Waals surface area contributed by atoms with Gasteiger partial charge < -0.3 is 0 Å². The summed E-state index contributed by atoms with van der Waals surface area (Å²) in [6.45, 7) is 7.08. The van der Waals surface area contributed by atoms with E-state index in [4.69, 9.17) is 0 Å². The maximum absolute atomic E-state index is 2.52. The summed E-state index contributed by atoms with van der Waals surface area (Å²) in [5.74, 6) is 0. The zero-order chi connectivity index (χ0) is 13.3. The van der Waals surface area contributed by atoms with Crippen LogP contribution in [0.1, 0.15) is 65.7 Å². The van der Waals surface area contributed by atoms with Gasteiger partial charge in [0.2, 0.25) is 0 Å². The van der Waals surface area contributed by atoms with Crippen molar-refractivity contribution in [2.24, 2.45) is 0 Å². The molecule has 0 aliphatic heterocycles. The van der Waals surface area contributed by atoms with Crippen LogP contribution in [0.4, 0.5) is 0 Å². The zero-order valence-electron chi connectivity index (χ0n) is 12.9. The van der Waals surface area contributed by atoms with Crippen LogP contribution in [0.2, 0.25) is 9.69 Å². The average Bonchev–Trinajstić information content (AvgIpc) is 2.93. The minimum absolute atomic E-state index is 1.32. The summed E-state index contributed by atoms with van der Waals surface area (Å²) in [6.07, 6.45) is 17.2. The molecule has 1 heteroatoms. The molecular weight excluding hydrogens is 293 g/mol. The summed E-state index contributed by atoms with van der Waals surface area (Å²) in [4.78, 5) is 0. The predicted octanol–water partition coefficient (Wildman–Crippen LogP) is 6.64. The molecule has 0 heterocycles. The standard InChI is InChI=1S/C5H5.3C4H9.Y/c1-2-4-5-3-1;3*1-3-4-2;/h1-3H,4H2;3*1,3-4H2,2H3;. The van der Waals surface area contributed by atoms with E-state index >= 15 is 0 Å². The monoisotopic (exact) mass is 325 g/mol. The first-order valence-electron chi connectivity index (χ1n) is 8.35. The van der Waals surface area contributed by atoms with Gasteiger partial charge in [0.1, 0.15) is 0 Å². The van der Waals surface area contributed by atoms with Gasteiger partial charge in [0.25, 0.3) is 0 Å². The normalized spacial score (nSPS) is 15.2. The van der Waals surface area contributed by atoms with Gasteiger partial charge in [-0.3, -0.25) is 0 Å². The minimum atomic E-state index is -2.10. The molecule has 103 valence electrons. The third-order valence-corrected chi connectivity index (χ3v) is 21.0. The second-order valence-corrected chi connectivity index (χ2v) is 19.6. The van der Waals surface area contributed by atoms with E-state index in [9.17, 15) is 0 Å². The molecule has 0 aromatic rings. The molecule has 0 amide bonds. The van der Waals surface area contributed by atoms with Crippen LogP contribution in [0.5, 0.6) is 0 Å². The molecular formula is C17H32Y. The molecule has 0 N–H and O–H groups in total. The van der Waals surface area contributed by atoms with Crippen molar-refractivity contribution in [2.75, 3.05) is 0 Å². The zero-order valence-corrected chi connectivity index (χ0v) is 15.7. The second kappa shape index (κ2) is 9.48. The first kappa shape index (κ1) is 16.6. The van der Waals surface area contributed by atoms with Gasteiger partial charge >= 0.3 is 122 Å². The van der Waals surface area contributed by atoms with Crippen molar-refractivity contribution in [3.8, 4) is 0 Å². The van der Waals surface area contributed by atoms with Gasteiger partial charge in [0.05, 0.1) is 0 Å². The van der Waals surface area contributed by atoms with Gasteiger partial charge in [0, 0.05) is 0 Å². The summed E-state index contributed by atoms with van der Waals surface area (Å²) >= 11 is -2.10. The average molecular weight is 325 g/mol. The van der Waals surface area contributed by atoms with Crippen LogP contribution in [0, 0.1) is 0 Å². The molecule has 0 aromatic carbocycles. The molecule has 1 aliphatic carbocycles. The quantitative estimate of drug-likeness (QED) is 0.422. The predicted molar refractivity (Wildman–Crippen MR) is 81.0 cm³/mol. The van der Waals surface area contributed by atoms with Crippen LogP contribution in [0.3, 0.4) is 0 Å². The Morgan fingerprint density at radius 3 is 1.72 bits per heavy atom. The Kier molecular flexibility index (Phi) is 8.76. The van der Waals surface area contributed by atoms with E-state index in [2.05, 4.69) is 39.0 Å². The van der Waals surface area contributed by atoms with E-state index in [1.165, 1.54) is 44.9 Å². The number of rotatable bonds is 10. The first-order valence-corrected chi connectivity index (χ1v) is 15.8. The number of allylic oxidation sites excluding steroid dienone is 4. The molecule has 1 rings (SSSR count). The van der Waals surface area contributed by atoms with E-state index in [1.54, 1.807) is 9.69 Å². The molecule has 0 saturated carbocycles. The summed E-state index contributed by atoms with van der Waals surface area (Å²) in [5.41, 5.74) is 0. The van der Waals surface area contributed by atoms with Crippen molar-refractivity contribution < 1.29 is 25.7 Å². The van der Waals surface area contributed by atoms with Gasteiger partial charge in [-0.1, -0.05) is 0 Å². The molecule has 0 fully saturated rings. The third-order valence-electron chi connectivity index (χ3n) is 4.92. The second-order valence-electron chi connectivity index (χ2n) is 6.28. The van der Waals surface area contributed by atoms with E-state index < -0.39 is 25.7 Å². The Hall–Kier alpha value is 0.584. The maximum atomic E-state index is 2.52. The summed E-state index contributed by atoms with van der Waals surface area (Å²) < 4.78 is 6.86. The van der Waals surface area contributed by atoms with Crippen LogP contribution in [0.25, 0.3) is 0 Å². The fraction of sp³-hybridized carbons (Fsp3) is 0.765. The molecule has 0 unspecified atom stereocenters. The van der Waals surface area contributed by atoms with Crippen LogP contribution < -0.4 is 0 Å². The van der Waals surface area contributed by atoms with Gasteiger partial charge in [-0.2, -0.15) is 0 Å². The van der Waals surface area contributed by atoms with Crippen molar-refractivity contribution in [2.45, 2.75) is 75.4 Å². The Morgan fingerprint density at radius 1 is 0.889 bits per heavy atom. The fourth-order valence-electron chi connectivity index (χ4n) is 3.69. The summed E-state index contributed by atoms with van der Waals surface area (Å²) in [7, 11) is 0. The van der Waals surface area contributed by atoms with E-state index in [0.717, 1.165) is 0 Å². The van der Waals surface area contributed by atoms with Crippen LogP contribution in [-0.2, 0) is 25.7 Å². The fourth-order valence-corrected chi connectivity index (χ4v) is 20.2. The van der Waals surface area contributed by atoms with Gasteiger partial charge in [-0.15, -0.1) is 0 Å². The van der Waals surface area contributed by atoms with Gasteiger partial charge in [-0.05, 0) is 0 Å². The first-order chi connectivity index (χ1) is 8.79. The SMILES string of the molecule is CCC[CH2][Y]([CH2]CCC)([CH2]CCC)[C]1=CC=CC1. The number of unbranched alkanes of at least 4 members (excludes halogenated alkanes) is 3. The molecule has 0 spiro atoms. The Balaban J connectivity index is 2.76. The summed E-state index contributed by atoms with van der Waals surface area (Å²) in [6, 6.07) is 0. The van der Waals surface area contributed by atoms with Gasteiger partial charge in [0.15, 0.2) is 0 Å². The Labute approximate surface area is 121 Å². The van der Waals surface area contributed by atoms with Crippen LogP contribution in [0.15, 0.2) is 20.6 Å². The van der Waals surface area contributed by atoms with Gasteiger partial charge in [-0.25, -0.2) is 0 Å². The van der Waals surface area contributed by atoms with E-state index in [-0.39, 0.29) is 0 Å². The van der Waals surface area contributed by atoms with Crippen LogP contribution >= 0.6 is 0 Å². The summed E-state index contributed by atoms with van der Waals surface area (Å²) in [5, 5.41) is 0. The van der Waals surface area contributed by atoms with E-state index in [0.29, 0.717) is 0 Å². The molecule has 0 aromatic heterocycles. The molecule has 0 bridgehead atoms. The molecule has 0 nitrogen and oxygen atoms in total. The third kappa shape index (κ3) is 4.93. The molecule has 0 atom stereocenters. The van der Waals surface area contributed by atoms with Crippen molar-refractivity contribution in [1.82, 2.24) is 0 Å². The van der Waals surface area contributed by atoms with Crippen molar-refractivity contribution in [3.05, 3.63) is 20.6 Å². The topological polar surface area (TPSA) is 0 Å². The Bertz CT molecular complexity index is 254. The Morgan fingerprint density at radius 2 is 1.39 bits per heavy atom. The molecule has 1 aliphatic rings. The number of hydrogen-bond donors (Lipinski definition) is 0. The van der Waals surface area contributed by atoms with Crippen molar-refractivity contribution in [3.63, 3.8) is 0 Å². The molecule has 0 radical (unpaired) electrons. The molecule has 18 heavy (non-hydrogen) atoms. The van der Waals surface area contributed by atoms with E-state index in [1.807, 2.05) is 2.38 Å². The van der Waals surface area contributed by atoms with Crippen LogP contribution in [-0.4, -0.2) is 0 Å². The number of hydrogen-bond acceptors (Lipinski definition) is 0. The van der Waals surface area contributed by atoms with Crippen molar-refractivity contribution >= 4 is 0 Å². The van der Waals surface area contributed by atoms with Crippen molar-refractivity contribution in [1.29, 1.82) is 0 Å².